The molecule has 2 aromatic heterocycles. The molecular weight excluding hydrogens is 460 g/mol. The fourth-order valence-corrected chi connectivity index (χ4v) is 3.59. The van der Waals surface area contributed by atoms with Gasteiger partial charge in [0.25, 0.3) is 5.56 Å². The number of hydrogen-bond acceptors (Lipinski definition) is 7. The van der Waals surface area contributed by atoms with Crippen molar-refractivity contribution in [3.05, 3.63) is 85.5 Å². The number of ether oxygens (including phenoxy) is 1. The second kappa shape index (κ2) is 9.94. The Bertz CT molecular complexity index is 1470. The lowest BCUT2D eigenvalue weighted by Gasteiger charge is -2.16. The van der Waals surface area contributed by atoms with Crippen LogP contribution in [0.5, 0.6) is 5.75 Å². The lowest BCUT2D eigenvalue weighted by molar-refractivity contribution is 0.0935. The number of nitrogens with one attached hydrogen (secondary N) is 2. The number of hydrogen-bond donors (Lipinski definition) is 3. The fourth-order valence-electron chi connectivity index (χ4n) is 3.40. The maximum atomic E-state index is 12.6. The molecule has 0 aliphatic heterocycles. The van der Waals surface area contributed by atoms with Crippen LogP contribution in [0.4, 0.5) is 5.95 Å². The van der Waals surface area contributed by atoms with Gasteiger partial charge >= 0.3 is 5.69 Å². The van der Waals surface area contributed by atoms with E-state index in [0.717, 1.165) is 5.56 Å². The van der Waals surface area contributed by atoms with Gasteiger partial charge in [-0.2, -0.15) is 10.1 Å². The van der Waals surface area contributed by atoms with E-state index in [-0.39, 0.29) is 30.3 Å². The van der Waals surface area contributed by atoms with E-state index in [1.54, 1.807) is 18.2 Å². The number of fused-ring (bicyclic) bond motifs is 1. The molecule has 0 bridgehead atoms. The third-order valence-corrected chi connectivity index (χ3v) is 5.54. The Hall–Kier alpha value is -3.89. The quantitative estimate of drug-likeness (QED) is 0.261. The molecule has 11 heteroatoms. The van der Waals surface area contributed by atoms with Crippen molar-refractivity contribution in [2.45, 2.75) is 19.6 Å². The molecule has 10 nitrogen and oxygen atoms in total. The van der Waals surface area contributed by atoms with E-state index in [1.807, 2.05) is 37.3 Å². The molecule has 3 N–H and O–H groups in total. The number of aliphatic hydroxyl groups is 1. The normalized spacial score (nSPS) is 12.4. The molecule has 176 valence electrons. The highest BCUT2D eigenvalue weighted by molar-refractivity contribution is 6.33. The van der Waals surface area contributed by atoms with Crippen LogP contribution >= 0.6 is 11.6 Å². The largest absolute Gasteiger partial charge is 0.491 e. The van der Waals surface area contributed by atoms with Crippen LogP contribution in [0.15, 0.2) is 63.2 Å². The molecular formula is C23H23ClN6O4. The first-order valence-corrected chi connectivity index (χ1v) is 10.8. The summed E-state index contributed by atoms with van der Waals surface area (Å²) < 4.78 is 8.41. The predicted molar refractivity (Wildman–Crippen MR) is 131 cm³/mol. The van der Waals surface area contributed by atoms with Gasteiger partial charge in [0, 0.05) is 17.6 Å². The molecule has 0 saturated carbocycles. The summed E-state index contributed by atoms with van der Waals surface area (Å²) in [7, 11) is 1.49. The van der Waals surface area contributed by atoms with Crippen LogP contribution < -0.4 is 21.4 Å². The topological polar surface area (TPSA) is 127 Å². The highest BCUT2D eigenvalue weighted by Crippen LogP contribution is 2.19. The molecule has 0 radical (unpaired) electrons. The van der Waals surface area contributed by atoms with Gasteiger partial charge in [0.05, 0.1) is 12.8 Å². The van der Waals surface area contributed by atoms with Gasteiger partial charge in [0.15, 0.2) is 11.2 Å². The van der Waals surface area contributed by atoms with E-state index in [9.17, 15) is 14.7 Å². The summed E-state index contributed by atoms with van der Waals surface area (Å²) in [6, 6.07) is 14.6. The molecule has 0 aliphatic carbocycles. The van der Waals surface area contributed by atoms with Gasteiger partial charge in [-0.1, -0.05) is 48.0 Å². The van der Waals surface area contributed by atoms with Crippen molar-refractivity contribution in [1.82, 2.24) is 19.1 Å². The molecule has 4 aromatic rings. The first-order chi connectivity index (χ1) is 16.3. The lowest BCUT2D eigenvalue weighted by Crippen LogP contribution is -2.30. The number of hydrazone groups is 1. The van der Waals surface area contributed by atoms with Gasteiger partial charge in [-0.25, -0.2) is 10.2 Å². The molecule has 2 heterocycles. The monoisotopic (exact) mass is 482 g/mol. The van der Waals surface area contributed by atoms with Crippen LogP contribution in [-0.2, 0) is 13.6 Å². The number of aromatic nitrogens is 4. The van der Waals surface area contributed by atoms with Gasteiger partial charge in [-0.05, 0) is 24.6 Å². The second-order valence-electron chi connectivity index (χ2n) is 7.66. The van der Waals surface area contributed by atoms with Crippen LogP contribution in [0.3, 0.4) is 0 Å². The van der Waals surface area contributed by atoms with Crippen molar-refractivity contribution in [3.63, 3.8) is 0 Å². The van der Waals surface area contributed by atoms with E-state index >= 15 is 0 Å². The Morgan fingerprint density at radius 3 is 2.74 bits per heavy atom. The Labute approximate surface area is 199 Å². The number of aliphatic hydroxyl groups excluding tert-OH is 1. The third-order valence-electron chi connectivity index (χ3n) is 5.20. The van der Waals surface area contributed by atoms with Gasteiger partial charge in [-0.3, -0.25) is 14.3 Å². The lowest BCUT2D eigenvalue weighted by atomic mass is 10.2. The van der Waals surface area contributed by atoms with Crippen LogP contribution in [-0.4, -0.2) is 43.1 Å². The number of anilines is 1. The van der Waals surface area contributed by atoms with Crippen molar-refractivity contribution in [1.29, 1.82) is 0 Å². The molecule has 2 aromatic carbocycles. The summed E-state index contributed by atoms with van der Waals surface area (Å²) in [5, 5.41) is 15.4. The number of aryl methyl sites for hydroxylation is 2. The zero-order valence-corrected chi connectivity index (χ0v) is 19.3. The summed E-state index contributed by atoms with van der Waals surface area (Å²) in [5.41, 5.74) is 3.44. The van der Waals surface area contributed by atoms with Crippen LogP contribution in [0.1, 0.15) is 11.1 Å². The van der Waals surface area contributed by atoms with Crippen molar-refractivity contribution in [2.75, 3.05) is 12.0 Å². The van der Waals surface area contributed by atoms with Gasteiger partial charge in [0.1, 0.15) is 18.5 Å². The fraction of sp³-hybridized carbons (Fsp3) is 0.217. The molecule has 0 amide bonds. The Kier molecular flexibility index (Phi) is 6.80. The highest BCUT2D eigenvalue weighted by atomic mass is 35.5. The Morgan fingerprint density at radius 2 is 1.97 bits per heavy atom. The van der Waals surface area contributed by atoms with E-state index in [2.05, 4.69) is 20.5 Å². The van der Waals surface area contributed by atoms with E-state index in [0.29, 0.717) is 16.3 Å². The van der Waals surface area contributed by atoms with Crippen molar-refractivity contribution in [3.8, 4) is 5.75 Å². The molecule has 0 spiro atoms. The van der Waals surface area contributed by atoms with E-state index < -0.39 is 17.4 Å². The van der Waals surface area contributed by atoms with Gasteiger partial charge in [0.2, 0.25) is 5.95 Å². The van der Waals surface area contributed by atoms with Crippen LogP contribution in [0, 0.1) is 6.92 Å². The van der Waals surface area contributed by atoms with Crippen molar-refractivity contribution in [2.24, 2.45) is 12.1 Å². The highest BCUT2D eigenvalue weighted by Gasteiger charge is 2.20. The van der Waals surface area contributed by atoms with E-state index in [4.69, 9.17) is 16.3 Å². The summed E-state index contributed by atoms with van der Waals surface area (Å²) >= 11 is 6.16. The molecule has 0 saturated heterocycles. The SMILES string of the molecule is Cc1ccccc1OC[C@@H](O)Cn1c(N/N=C\c2ccccc2Cl)nc2c1c(=O)[nH]c(=O)n2C. The number of rotatable bonds is 8. The molecule has 34 heavy (non-hydrogen) atoms. The molecule has 1 atom stereocenters. The Morgan fingerprint density at radius 1 is 1.24 bits per heavy atom. The molecule has 0 unspecified atom stereocenters. The minimum absolute atomic E-state index is 0.0173. The number of benzene rings is 2. The van der Waals surface area contributed by atoms with Gasteiger partial charge in [-0.15, -0.1) is 0 Å². The zero-order valence-electron chi connectivity index (χ0n) is 18.5. The summed E-state index contributed by atoms with van der Waals surface area (Å²) in [6.07, 6.45) is 0.522. The first kappa shape index (κ1) is 23.3. The molecule has 4 rings (SSSR count). The maximum absolute atomic E-state index is 12.6. The number of halogens is 1. The Balaban J connectivity index is 1.64. The average Bonchev–Trinajstić information content (AvgIpc) is 3.17. The smallest absolute Gasteiger partial charge is 0.329 e. The molecule has 0 aliphatic rings. The minimum atomic E-state index is -0.985. The minimum Gasteiger partial charge on any atom is -0.491 e. The summed E-state index contributed by atoms with van der Waals surface area (Å²) in [6.45, 7) is 1.86. The third kappa shape index (κ3) is 4.87. The number of aromatic amines is 1. The average molecular weight is 483 g/mol. The van der Waals surface area contributed by atoms with Crippen LogP contribution in [0.2, 0.25) is 5.02 Å². The number of para-hydroxylation sites is 1. The van der Waals surface area contributed by atoms with E-state index in [1.165, 1.54) is 22.4 Å². The number of nitrogens with zero attached hydrogens (tertiary/aromatic N) is 4. The van der Waals surface area contributed by atoms with Crippen molar-refractivity contribution >= 4 is 34.9 Å². The zero-order chi connectivity index (χ0) is 24.2. The standard InChI is InChI=1S/C23H23ClN6O4/c1-14-7-3-6-10-18(14)34-13-16(31)12-30-19-20(29(2)23(33)27-21(19)32)26-22(30)28-25-11-15-8-4-5-9-17(15)24/h3-11,16,31H,12-13H2,1-2H3,(H,26,28)(H,27,32,33)/b25-11-/t16-/m0/s1. The first-order valence-electron chi connectivity index (χ1n) is 10.4. The number of imidazole rings is 1. The predicted octanol–water partition coefficient (Wildman–Crippen LogP) is 2.27. The molecule has 0 fully saturated rings. The summed E-state index contributed by atoms with van der Waals surface area (Å²) in [4.78, 5) is 31.3. The second-order valence-corrected chi connectivity index (χ2v) is 8.07. The van der Waals surface area contributed by atoms with Crippen molar-refractivity contribution < 1.29 is 9.84 Å². The maximum Gasteiger partial charge on any atom is 0.329 e. The van der Waals surface area contributed by atoms with Crippen LogP contribution in [0.25, 0.3) is 11.2 Å². The summed E-state index contributed by atoms with van der Waals surface area (Å²) in [5.74, 6) is 0.819. The van der Waals surface area contributed by atoms with Gasteiger partial charge < -0.3 is 14.4 Å². The number of H-pyrrole nitrogens is 1.